The maximum atomic E-state index is 12.9. The molecule has 0 saturated carbocycles. The van der Waals surface area contributed by atoms with E-state index < -0.39 is 5.82 Å². The predicted octanol–water partition coefficient (Wildman–Crippen LogP) is 2.77. The molecule has 1 amide bonds. The van der Waals surface area contributed by atoms with Gasteiger partial charge in [0, 0.05) is 6.07 Å². The standard InChI is InChI=1S/C13H11ClFNO3/c14-12-5-4-11(19-12)7-16-13(17)8-18-10-3-1-2-9(15)6-10/h1-6H,7-8H2,(H,16,17). The molecule has 0 aliphatic rings. The predicted molar refractivity (Wildman–Crippen MR) is 67.5 cm³/mol. The first-order valence-corrected chi connectivity index (χ1v) is 5.90. The fourth-order valence-electron chi connectivity index (χ4n) is 1.39. The van der Waals surface area contributed by atoms with Crippen molar-refractivity contribution in [1.82, 2.24) is 5.32 Å². The highest BCUT2D eigenvalue weighted by molar-refractivity contribution is 6.28. The van der Waals surface area contributed by atoms with Crippen molar-refractivity contribution in [3.8, 4) is 5.75 Å². The minimum atomic E-state index is -0.414. The van der Waals surface area contributed by atoms with Crippen molar-refractivity contribution in [1.29, 1.82) is 0 Å². The Balaban J connectivity index is 1.75. The lowest BCUT2D eigenvalue weighted by atomic mass is 10.3. The number of halogens is 2. The molecule has 0 bridgehead atoms. The number of ether oxygens (including phenoxy) is 1. The molecule has 0 fully saturated rings. The van der Waals surface area contributed by atoms with Gasteiger partial charge in [0.1, 0.15) is 17.3 Å². The van der Waals surface area contributed by atoms with Crippen LogP contribution in [0.25, 0.3) is 0 Å². The Kier molecular flexibility index (Phi) is 4.41. The molecular formula is C13H11ClFNO3. The minimum absolute atomic E-state index is 0.197. The van der Waals surface area contributed by atoms with Gasteiger partial charge < -0.3 is 14.5 Å². The highest BCUT2D eigenvalue weighted by Crippen LogP contribution is 2.13. The van der Waals surface area contributed by atoms with Crippen LogP contribution in [0.3, 0.4) is 0 Å². The number of hydrogen-bond donors (Lipinski definition) is 1. The highest BCUT2D eigenvalue weighted by atomic mass is 35.5. The van der Waals surface area contributed by atoms with Gasteiger partial charge in [-0.2, -0.15) is 0 Å². The summed E-state index contributed by atoms with van der Waals surface area (Å²) in [5.74, 6) is 0.0974. The van der Waals surface area contributed by atoms with Crippen LogP contribution in [-0.2, 0) is 11.3 Å². The summed E-state index contributed by atoms with van der Waals surface area (Å²) in [5, 5.41) is 2.85. The van der Waals surface area contributed by atoms with Crippen LogP contribution < -0.4 is 10.1 Å². The van der Waals surface area contributed by atoms with E-state index in [0.717, 1.165) is 0 Å². The lowest BCUT2D eigenvalue weighted by Crippen LogP contribution is -2.28. The normalized spacial score (nSPS) is 10.2. The van der Waals surface area contributed by atoms with E-state index in [9.17, 15) is 9.18 Å². The van der Waals surface area contributed by atoms with Crippen LogP contribution in [0.4, 0.5) is 4.39 Å². The summed E-state index contributed by atoms with van der Waals surface area (Å²) in [6, 6.07) is 8.84. The smallest absolute Gasteiger partial charge is 0.258 e. The fraction of sp³-hybridized carbons (Fsp3) is 0.154. The molecule has 0 spiro atoms. The van der Waals surface area contributed by atoms with Crippen molar-refractivity contribution >= 4 is 17.5 Å². The Morgan fingerprint density at radius 3 is 2.89 bits per heavy atom. The number of carbonyl (C=O) groups excluding carboxylic acids is 1. The molecule has 1 aromatic carbocycles. The third-order valence-corrected chi connectivity index (χ3v) is 2.46. The van der Waals surface area contributed by atoms with E-state index in [1.165, 1.54) is 18.2 Å². The average molecular weight is 284 g/mol. The Labute approximate surface area is 114 Å². The molecule has 4 nitrogen and oxygen atoms in total. The van der Waals surface area contributed by atoms with Crippen molar-refractivity contribution in [3.05, 3.63) is 53.2 Å². The van der Waals surface area contributed by atoms with Gasteiger partial charge in [0.15, 0.2) is 11.8 Å². The number of amides is 1. The summed E-state index contributed by atoms with van der Waals surface area (Å²) < 4.78 is 23.1. The summed E-state index contributed by atoms with van der Waals surface area (Å²) in [5.41, 5.74) is 0. The monoisotopic (exact) mass is 283 g/mol. The van der Waals surface area contributed by atoms with Gasteiger partial charge >= 0.3 is 0 Å². The zero-order valence-electron chi connectivity index (χ0n) is 9.86. The SMILES string of the molecule is O=C(COc1cccc(F)c1)NCc1ccc(Cl)o1. The Hall–Kier alpha value is -2.01. The highest BCUT2D eigenvalue weighted by Gasteiger charge is 2.05. The number of furan rings is 1. The van der Waals surface area contributed by atoms with Crippen LogP contribution in [0.1, 0.15) is 5.76 Å². The number of nitrogens with one attached hydrogen (secondary N) is 1. The van der Waals surface area contributed by atoms with Crippen LogP contribution in [0, 0.1) is 5.82 Å². The molecule has 1 aromatic heterocycles. The van der Waals surface area contributed by atoms with Gasteiger partial charge in [0.05, 0.1) is 6.54 Å². The summed E-state index contributed by atoms with van der Waals surface area (Å²) in [6.07, 6.45) is 0. The first-order chi connectivity index (χ1) is 9.13. The van der Waals surface area contributed by atoms with E-state index in [2.05, 4.69) is 5.32 Å². The summed E-state index contributed by atoms with van der Waals surface area (Å²) in [7, 11) is 0. The zero-order chi connectivity index (χ0) is 13.7. The van der Waals surface area contributed by atoms with E-state index in [1.807, 2.05) is 0 Å². The molecule has 0 saturated heterocycles. The van der Waals surface area contributed by atoms with Gasteiger partial charge in [-0.15, -0.1) is 0 Å². The van der Waals surface area contributed by atoms with Crippen LogP contribution in [-0.4, -0.2) is 12.5 Å². The van der Waals surface area contributed by atoms with Crippen molar-refractivity contribution in [3.63, 3.8) is 0 Å². The third kappa shape index (κ3) is 4.30. The van der Waals surface area contributed by atoms with E-state index in [-0.39, 0.29) is 24.3 Å². The van der Waals surface area contributed by atoms with Gasteiger partial charge in [-0.1, -0.05) is 6.07 Å². The first kappa shape index (κ1) is 13.4. The molecule has 19 heavy (non-hydrogen) atoms. The Morgan fingerprint density at radius 2 is 2.21 bits per heavy atom. The van der Waals surface area contributed by atoms with E-state index in [1.54, 1.807) is 18.2 Å². The van der Waals surface area contributed by atoms with Crippen molar-refractivity contribution in [2.45, 2.75) is 6.54 Å². The number of carbonyl (C=O) groups is 1. The molecular weight excluding hydrogens is 273 g/mol. The van der Waals surface area contributed by atoms with Crippen LogP contribution in [0.15, 0.2) is 40.8 Å². The van der Waals surface area contributed by atoms with Gasteiger partial charge in [-0.25, -0.2) is 4.39 Å². The van der Waals surface area contributed by atoms with Crippen molar-refractivity contribution in [2.75, 3.05) is 6.61 Å². The molecule has 0 unspecified atom stereocenters. The molecule has 0 aliphatic carbocycles. The maximum absolute atomic E-state index is 12.9. The molecule has 1 heterocycles. The summed E-state index contributed by atoms with van der Waals surface area (Å²) in [6.45, 7) is 0.0238. The summed E-state index contributed by atoms with van der Waals surface area (Å²) >= 11 is 5.59. The molecule has 2 rings (SSSR count). The molecule has 100 valence electrons. The molecule has 0 atom stereocenters. The molecule has 0 radical (unpaired) electrons. The van der Waals surface area contributed by atoms with Crippen LogP contribution >= 0.6 is 11.6 Å². The average Bonchev–Trinajstić information content (AvgIpc) is 2.80. The Morgan fingerprint density at radius 1 is 1.37 bits per heavy atom. The largest absolute Gasteiger partial charge is 0.484 e. The lowest BCUT2D eigenvalue weighted by molar-refractivity contribution is -0.123. The van der Waals surface area contributed by atoms with Crippen LogP contribution in [0.5, 0.6) is 5.75 Å². The second-order valence-corrected chi connectivity index (χ2v) is 4.10. The van der Waals surface area contributed by atoms with E-state index >= 15 is 0 Å². The van der Waals surface area contributed by atoms with E-state index in [0.29, 0.717) is 11.5 Å². The van der Waals surface area contributed by atoms with Gasteiger partial charge in [-0.3, -0.25) is 4.79 Å². The second-order valence-electron chi connectivity index (χ2n) is 3.73. The number of benzene rings is 1. The van der Waals surface area contributed by atoms with Gasteiger partial charge in [-0.05, 0) is 35.9 Å². The quantitative estimate of drug-likeness (QED) is 0.918. The van der Waals surface area contributed by atoms with Crippen molar-refractivity contribution in [2.24, 2.45) is 0 Å². The third-order valence-electron chi connectivity index (χ3n) is 2.25. The van der Waals surface area contributed by atoms with Gasteiger partial charge in [0.2, 0.25) is 0 Å². The van der Waals surface area contributed by atoms with E-state index in [4.69, 9.17) is 20.8 Å². The maximum Gasteiger partial charge on any atom is 0.258 e. The minimum Gasteiger partial charge on any atom is -0.484 e. The van der Waals surface area contributed by atoms with Crippen LogP contribution in [0.2, 0.25) is 5.22 Å². The zero-order valence-corrected chi connectivity index (χ0v) is 10.6. The van der Waals surface area contributed by atoms with Crippen molar-refractivity contribution < 1.29 is 18.3 Å². The Bertz CT molecular complexity index is 571. The molecule has 1 N–H and O–H groups in total. The molecule has 2 aromatic rings. The van der Waals surface area contributed by atoms with Gasteiger partial charge in [0.25, 0.3) is 5.91 Å². The number of rotatable bonds is 5. The topological polar surface area (TPSA) is 51.5 Å². The fourth-order valence-corrected chi connectivity index (χ4v) is 1.55. The second kappa shape index (κ2) is 6.24. The lowest BCUT2D eigenvalue weighted by Gasteiger charge is -2.06. The first-order valence-electron chi connectivity index (χ1n) is 5.53. The molecule has 0 aliphatic heterocycles. The molecule has 6 heteroatoms. The number of hydrogen-bond acceptors (Lipinski definition) is 3. The summed E-state index contributed by atoms with van der Waals surface area (Å²) in [4.78, 5) is 11.5.